The van der Waals surface area contributed by atoms with Crippen molar-refractivity contribution in [1.29, 1.82) is 0 Å². The maximum atomic E-state index is 4.31. The van der Waals surface area contributed by atoms with Crippen LogP contribution in [0.4, 0.5) is 0 Å². The fraction of sp³-hybridized carbons (Fsp3) is 0.357. The predicted octanol–water partition coefficient (Wildman–Crippen LogP) is 2.50. The summed E-state index contributed by atoms with van der Waals surface area (Å²) in [7, 11) is 0. The molecule has 3 nitrogen and oxygen atoms in total. The van der Waals surface area contributed by atoms with E-state index in [9.17, 15) is 0 Å². The van der Waals surface area contributed by atoms with Crippen molar-refractivity contribution in [2.75, 3.05) is 0 Å². The highest BCUT2D eigenvalue weighted by atomic mass is 15.0. The van der Waals surface area contributed by atoms with Crippen molar-refractivity contribution in [2.45, 2.75) is 32.4 Å². The Kier molecular flexibility index (Phi) is 2.69. The molecular formula is C14H17N3. The average Bonchev–Trinajstić information content (AvgIpc) is 2.93. The Morgan fingerprint density at radius 1 is 1.41 bits per heavy atom. The zero-order chi connectivity index (χ0) is 11.7. The van der Waals surface area contributed by atoms with Crippen LogP contribution >= 0.6 is 0 Å². The van der Waals surface area contributed by atoms with E-state index in [1.54, 1.807) is 6.33 Å². The lowest BCUT2D eigenvalue weighted by molar-refractivity contribution is 0.525. The number of nitrogens with one attached hydrogen (secondary N) is 2. The predicted molar refractivity (Wildman–Crippen MR) is 67.7 cm³/mol. The van der Waals surface area contributed by atoms with Crippen LogP contribution < -0.4 is 5.32 Å². The summed E-state index contributed by atoms with van der Waals surface area (Å²) in [6.07, 6.45) is 4.14. The first-order valence-electron chi connectivity index (χ1n) is 6.14. The third-order valence-corrected chi connectivity index (χ3v) is 3.58. The summed E-state index contributed by atoms with van der Waals surface area (Å²) in [6.45, 7) is 2.90. The van der Waals surface area contributed by atoms with Gasteiger partial charge in [-0.1, -0.05) is 24.3 Å². The Bertz CT molecular complexity index is 516. The molecule has 0 saturated heterocycles. The quantitative estimate of drug-likeness (QED) is 0.845. The summed E-state index contributed by atoms with van der Waals surface area (Å²) >= 11 is 0. The number of hydrogen-bond acceptors (Lipinski definition) is 2. The number of hydrogen-bond donors (Lipinski definition) is 2. The lowest BCUT2D eigenvalue weighted by Crippen LogP contribution is -2.19. The second kappa shape index (κ2) is 4.34. The smallest absolute Gasteiger partial charge is 0.0925 e. The Balaban J connectivity index is 1.70. The molecule has 0 bridgehead atoms. The van der Waals surface area contributed by atoms with E-state index in [-0.39, 0.29) is 0 Å². The van der Waals surface area contributed by atoms with Crippen LogP contribution in [-0.2, 0) is 13.0 Å². The molecule has 1 aliphatic rings. The molecule has 0 saturated carbocycles. The number of nitrogens with zero attached hydrogens (tertiary/aromatic N) is 1. The molecule has 2 N–H and O–H groups in total. The minimum Gasteiger partial charge on any atom is -0.348 e. The highest BCUT2D eigenvalue weighted by Gasteiger charge is 2.21. The Labute approximate surface area is 101 Å². The van der Waals surface area contributed by atoms with E-state index in [1.165, 1.54) is 24.0 Å². The van der Waals surface area contributed by atoms with Crippen LogP contribution in [0.25, 0.3) is 0 Å². The van der Waals surface area contributed by atoms with Crippen molar-refractivity contribution in [1.82, 2.24) is 15.3 Å². The monoisotopic (exact) mass is 227 g/mol. The molecule has 2 aromatic rings. The number of H-pyrrole nitrogens is 1. The van der Waals surface area contributed by atoms with Gasteiger partial charge in [0.1, 0.15) is 0 Å². The first-order chi connectivity index (χ1) is 8.34. The third-order valence-electron chi connectivity index (χ3n) is 3.58. The molecule has 0 spiro atoms. The highest BCUT2D eigenvalue weighted by Crippen LogP contribution is 2.30. The van der Waals surface area contributed by atoms with Crippen LogP contribution in [0.5, 0.6) is 0 Å². The van der Waals surface area contributed by atoms with Crippen LogP contribution in [0.3, 0.4) is 0 Å². The van der Waals surface area contributed by atoms with Crippen molar-refractivity contribution in [3.63, 3.8) is 0 Å². The molecule has 0 aliphatic heterocycles. The average molecular weight is 227 g/mol. The summed E-state index contributed by atoms with van der Waals surface area (Å²) in [6, 6.07) is 9.20. The molecule has 1 aromatic carbocycles. The zero-order valence-corrected chi connectivity index (χ0v) is 10.0. The largest absolute Gasteiger partial charge is 0.348 e. The van der Waals surface area contributed by atoms with Gasteiger partial charge in [-0.25, -0.2) is 4.98 Å². The second-order valence-corrected chi connectivity index (χ2v) is 4.65. The number of fused-ring (bicyclic) bond motifs is 1. The summed E-state index contributed by atoms with van der Waals surface area (Å²) in [4.78, 5) is 7.43. The van der Waals surface area contributed by atoms with Gasteiger partial charge in [0.2, 0.25) is 0 Å². The topological polar surface area (TPSA) is 40.7 Å². The second-order valence-electron chi connectivity index (χ2n) is 4.65. The number of aromatic nitrogens is 2. The molecule has 17 heavy (non-hydrogen) atoms. The fourth-order valence-corrected chi connectivity index (χ4v) is 2.55. The molecule has 1 atom stereocenters. The first-order valence-corrected chi connectivity index (χ1v) is 6.14. The van der Waals surface area contributed by atoms with Crippen molar-refractivity contribution in [3.05, 3.63) is 53.1 Å². The summed E-state index contributed by atoms with van der Waals surface area (Å²) in [5.74, 6) is 0. The maximum absolute atomic E-state index is 4.31. The molecule has 1 heterocycles. The molecule has 0 fully saturated rings. The minimum atomic E-state index is 0.488. The van der Waals surface area contributed by atoms with Gasteiger partial charge in [0.25, 0.3) is 0 Å². The van der Waals surface area contributed by atoms with Gasteiger partial charge in [0.05, 0.1) is 12.0 Å². The van der Waals surface area contributed by atoms with Crippen LogP contribution in [-0.4, -0.2) is 9.97 Å². The van der Waals surface area contributed by atoms with E-state index in [4.69, 9.17) is 0 Å². The number of benzene rings is 1. The number of aryl methyl sites for hydroxylation is 2. The van der Waals surface area contributed by atoms with Gasteiger partial charge in [0.15, 0.2) is 0 Å². The molecule has 0 radical (unpaired) electrons. The van der Waals surface area contributed by atoms with Crippen LogP contribution in [0.1, 0.15) is 35.0 Å². The van der Waals surface area contributed by atoms with Gasteiger partial charge in [-0.15, -0.1) is 0 Å². The van der Waals surface area contributed by atoms with Crippen LogP contribution in [0, 0.1) is 6.92 Å². The van der Waals surface area contributed by atoms with E-state index in [0.717, 1.165) is 17.9 Å². The lowest BCUT2D eigenvalue weighted by Gasteiger charge is -2.13. The van der Waals surface area contributed by atoms with E-state index in [0.29, 0.717) is 6.04 Å². The van der Waals surface area contributed by atoms with E-state index in [2.05, 4.69) is 46.5 Å². The highest BCUT2D eigenvalue weighted by molar-refractivity contribution is 5.34. The number of aromatic amines is 1. The van der Waals surface area contributed by atoms with Crippen molar-refractivity contribution in [2.24, 2.45) is 0 Å². The van der Waals surface area contributed by atoms with Crippen molar-refractivity contribution >= 4 is 0 Å². The van der Waals surface area contributed by atoms with Gasteiger partial charge < -0.3 is 10.3 Å². The van der Waals surface area contributed by atoms with Gasteiger partial charge in [0, 0.05) is 18.3 Å². The Morgan fingerprint density at radius 3 is 3.12 bits per heavy atom. The van der Waals surface area contributed by atoms with Gasteiger partial charge in [-0.2, -0.15) is 0 Å². The molecule has 3 rings (SSSR count). The molecule has 0 amide bonds. The summed E-state index contributed by atoms with van der Waals surface area (Å²) in [5.41, 5.74) is 5.22. The Hall–Kier alpha value is -1.61. The van der Waals surface area contributed by atoms with Crippen molar-refractivity contribution in [3.8, 4) is 0 Å². The molecule has 1 unspecified atom stereocenters. The normalized spacial score (nSPS) is 18.3. The maximum Gasteiger partial charge on any atom is 0.0925 e. The van der Waals surface area contributed by atoms with E-state index < -0.39 is 0 Å². The van der Waals surface area contributed by atoms with Gasteiger partial charge in [-0.05, 0) is 30.9 Å². The summed E-state index contributed by atoms with van der Waals surface area (Å²) in [5, 5.41) is 3.60. The van der Waals surface area contributed by atoms with Crippen LogP contribution in [0.15, 0.2) is 30.6 Å². The fourth-order valence-electron chi connectivity index (χ4n) is 2.55. The SMILES string of the molecule is Cc1[nH]cnc1CNC1CCc2ccccc21. The molecule has 1 aliphatic carbocycles. The van der Waals surface area contributed by atoms with Crippen molar-refractivity contribution < 1.29 is 0 Å². The molecule has 88 valence electrons. The van der Waals surface area contributed by atoms with Gasteiger partial charge >= 0.3 is 0 Å². The Morgan fingerprint density at radius 2 is 2.29 bits per heavy atom. The van der Waals surface area contributed by atoms with E-state index in [1.807, 2.05) is 0 Å². The minimum absolute atomic E-state index is 0.488. The lowest BCUT2D eigenvalue weighted by atomic mass is 10.1. The molecular weight excluding hydrogens is 210 g/mol. The zero-order valence-electron chi connectivity index (χ0n) is 10.0. The molecule has 3 heteroatoms. The summed E-state index contributed by atoms with van der Waals surface area (Å²) < 4.78 is 0. The van der Waals surface area contributed by atoms with E-state index >= 15 is 0 Å². The number of imidazole rings is 1. The number of rotatable bonds is 3. The first kappa shape index (κ1) is 10.5. The molecule has 1 aromatic heterocycles. The third kappa shape index (κ3) is 1.98. The van der Waals surface area contributed by atoms with Crippen LogP contribution in [0.2, 0.25) is 0 Å². The van der Waals surface area contributed by atoms with Gasteiger partial charge in [-0.3, -0.25) is 0 Å². The standard InChI is InChI=1S/C14H17N3/c1-10-14(17-9-16-10)8-15-13-7-6-11-4-2-3-5-12(11)13/h2-5,9,13,15H,6-8H2,1H3,(H,16,17).